The zero-order chi connectivity index (χ0) is 23.9. The molecule has 4 N–H and O–H groups in total. The van der Waals surface area contributed by atoms with Gasteiger partial charge in [-0.05, 0) is 62.3 Å². The molecule has 6 rings (SSSR count). The second-order valence-electron chi connectivity index (χ2n) is 10.0. The lowest BCUT2D eigenvalue weighted by molar-refractivity contribution is 0.0958. The van der Waals surface area contributed by atoms with E-state index in [1.807, 2.05) is 6.92 Å². The summed E-state index contributed by atoms with van der Waals surface area (Å²) in [6.45, 7) is 4.83. The van der Waals surface area contributed by atoms with Gasteiger partial charge in [0, 0.05) is 37.4 Å². The van der Waals surface area contributed by atoms with Gasteiger partial charge >= 0.3 is 0 Å². The maximum absolute atomic E-state index is 9.89. The number of anilines is 2. The molecule has 8 nitrogen and oxygen atoms in total. The molecule has 0 spiro atoms. The Kier molecular flexibility index (Phi) is 6.06. The molecular formula is C26H31N7OS. The Morgan fingerprint density at radius 1 is 1.26 bits per heavy atom. The summed E-state index contributed by atoms with van der Waals surface area (Å²) in [7, 11) is 0. The molecule has 0 amide bonds. The molecule has 2 saturated heterocycles. The number of ether oxygens (including phenoxy) is 1. The van der Waals surface area contributed by atoms with Gasteiger partial charge in [-0.3, -0.25) is 5.32 Å². The highest BCUT2D eigenvalue weighted by atomic mass is 32.1. The lowest BCUT2D eigenvalue weighted by Gasteiger charge is -2.36. The fraction of sp³-hybridized carbons (Fsp3) is 0.500. The van der Waals surface area contributed by atoms with Crippen molar-refractivity contribution in [3.63, 3.8) is 0 Å². The van der Waals surface area contributed by atoms with Gasteiger partial charge in [0.25, 0.3) is 0 Å². The minimum Gasteiger partial charge on any atom is -0.396 e. The summed E-state index contributed by atoms with van der Waals surface area (Å²) in [5, 5.41) is 17.1. The van der Waals surface area contributed by atoms with Crippen LogP contribution in [0.25, 0.3) is 10.3 Å². The van der Waals surface area contributed by atoms with Crippen molar-refractivity contribution in [2.24, 2.45) is 0 Å². The van der Waals surface area contributed by atoms with E-state index < -0.39 is 0 Å². The van der Waals surface area contributed by atoms with Gasteiger partial charge < -0.3 is 20.7 Å². The molecule has 1 aliphatic carbocycles. The van der Waals surface area contributed by atoms with Crippen LogP contribution in [0.4, 0.5) is 11.4 Å². The smallest absolute Gasteiger partial charge is 0.144 e. The van der Waals surface area contributed by atoms with Crippen LogP contribution in [0.15, 0.2) is 18.3 Å². The SMILES string of the molecule is Cc1cnc2c(N)c(COCN[C@@H]3CCc4cc(N5CC6CCC(C5)N6)c(C#N)cc4C3)sc2n1. The summed E-state index contributed by atoms with van der Waals surface area (Å²) in [5.74, 6) is 0. The van der Waals surface area contributed by atoms with Crippen molar-refractivity contribution in [2.45, 2.75) is 63.8 Å². The number of benzene rings is 1. The number of nitrogen functional groups attached to an aromatic ring is 1. The van der Waals surface area contributed by atoms with Crippen LogP contribution in [0, 0.1) is 18.3 Å². The lowest BCUT2D eigenvalue weighted by Crippen LogP contribution is -2.51. The predicted octanol–water partition coefficient (Wildman–Crippen LogP) is 3.02. The summed E-state index contributed by atoms with van der Waals surface area (Å²) in [4.78, 5) is 13.2. The summed E-state index contributed by atoms with van der Waals surface area (Å²) in [5.41, 5.74) is 13.2. The molecule has 3 atom stereocenters. The van der Waals surface area contributed by atoms with Crippen molar-refractivity contribution in [3.8, 4) is 6.07 Å². The summed E-state index contributed by atoms with van der Waals surface area (Å²) in [6, 6.07) is 8.34. The molecule has 35 heavy (non-hydrogen) atoms. The number of nitrogens with one attached hydrogen (secondary N) is 2. The topological polar surface area (TPSA) is 112 Å². The van der Waals surface area contributed by atoms with Gasteiger partial charge in [-0.2, -0.15) is 5.26 Å². The molecule has 2 unspecified atom stereocenters. The van der Waals surface area contributed by atoms with Crippen molar-refractivity contribution in [2.75, 3.05) is 30.5 Å². The first kappa shape index (κ1) is 22.7. The fourth-order valence-corrected chi connectivity index (χ4v) is 6.79. The Morgan fingerprint density at radius 3 is 2.89 bits per heavy atom. The summed E-state index contributed by atoms with van der Waals surface area (Å²) < 4.78 is 5.92. The second-order valence-corrected chi connectivity index (χ2v) is 11.1. The number of hydrogen-bond acceptors (Lipinski definition) is 9. The van der Waals surface area contributed by atoms with Crippen molar-refractivity contribution in [3.05, 3.63) is 45.6 Å². The number of nitrogens with two attached hydrogens (primary N) is 1. The maximum atomic E-state index is 9.89. The number of piperazine rings is 1. The lowest BCUT2D eigenvalue weighted by atomic mass is 9.86. The minimum atomic E-state index is 0.334. The molecule has 2 aromatic heterocycles. The average molecular weight is 490 g/mol. The van der Waals surface area contributed by atoms with E-state index in [2.05, 4.69) is 43.7 Å². The Labute approximate surface area is 209 Å². The first-order valence-electron chi connectivity index (χ1n) is 12.5. The number of thiophene rings is 1. The molecular weight excluding hydrogens is 458 g/mol. The van der Waals surface area contributed by atoms with Crippen LogP contribution >= 0.6 is 11.3 Å². The summed E-state index contributed by atoms with van der Waals surface area (Å²) in [6.07, 6.45) is 7.22. The molecule has 1 aromatic carbocycles. The number of hydrogen-bond donors (Lipinski definition) is 3. The number of aromatic nitrogens is 2. The molecule has 0 radical (unpaired) electrons. The van der Waals surface area contributed by atoms with Crippen molar-refractivity contribution >= 4 is 33.1 Å². The highest BCUT2D eigenvalue weighted by molar-refractivity contribution is 7.19. The first-order chi connectivity index (χ1) is 17.1. The molecule has 2 bridgehead atoms. The van der Waals surface area contributed by atoms with Crippen molar-refractivity contribution in [1.29, 1.82) is 5.26 Å². The molecule has 4 heterocycles. The van der Waals surface area contributed by atoms with E-state index in [4.69, 9.17) is 10.5 Å². The highest BCUT2D eigenvalue weighted by Crippen LogP contribution is 2.33. The van der Waals surface area contributed by atoms with E-state index in [9.17, 15) is 5.26 Å². The van der Waals surface area contributed by atoms with Gasteiger partial charge in [0.15, 0.2) is 0 Å². The monoisotopic (exact) mass is 489 g/mol. The molecule has 2 fully saturated rings. The summed E-state index contributed by atoms with van der Waals surface area (Å²) >= 11 is 1.55. The van der Waals surface area contributed by atoms with Crippen molar-refractivity contribution < 1.29 is 4.74 Å². The number of rotatable bonds is 6. The van der Waals surface area contributed by atoms with Gasteiger partial charge in [-0.25, -0.2) is 9.97 Å². The quantitative estimate of drug-likeness (QED) is 0.358. The van der Waals surface area contributed by atoms with Crippen LogP contribution in [-0.2, 0) is 24.2 Å². The normalized spacial score (nSPS) is 23.4. The maximum Gasteiger partial charge on any atom is 0.144 e. The highest BCUT2D eigenvalue weighted by Gasteiger charge is 2.33. The number of fused-ring (bicyclic) bond motifs is 4. The number of aryl methyl sites for hydroxylation is 2. The Morgan fingerprint density at radius 2 is 2.09 bits per heavy atom. The van der Waals surface area contributed by atoms with E-state index in [1.54, 1.807) is 17.5 Å². The van der Waals surface area contributed by atoms with Crippen LogP contribution < -0.4 is 21.3 Å². The third-order valence-electron chi connectivity index (χ3n) is 7.57. The van der Waals surface area contributed by atoms with Gasteiger partial charge in [-0.1, -0.05) is 0 Å². The Balaban J connectivity index is 1.07. The predicted molar refractivity (Wildman–Crippen MR) is 138 cm³/mol. The fourth-order valence-electron chi connectivity index (χ4n) is 5.76. The third kappa shape index (κ3) is 4.47. The molecule has 9 heteroatoms. The van der Waals surface area contributed by atoms with Crippen LogP contribution in [0.2, 0.25) is 0 Å². The largest absolute Gasteiger partial charge is 0.396 e. The van der Waals surface area contributed by atoms with E-state index in [0.29, 0.717) is 37.2 Å². The Hall–Kier alpha value is -2.77. The van der Waals surface area contributed by atoms with Crippen molar-refractivity contribution in [1.82, 2.24) is 20.6 Å². The average Bonchev–Trinajstić information content (AvgIpc) is 3.37. The van der Waals surface area contributed by atoms with E-state index in [-0.39, 0.29) is 0 Å². The van der Waals surface area contributed by atoms with E-state index in [0.717, 1.165) is 64.5 Å². The number of nitrogens with zero attached hydrogens (tertiary/aromatic N) is 4. The van der Waals surface area contributed by atoms with Crippen LogP contribution in [0.1, 0.15) is 46.5 Å². The van der Waals surface area contributed by atoms with E-state index >= 15 is 0 Å². The second kappa shape index (κ2) is 9.36. The van der Waals surface area contributed by atoms with Crippen LogP contribution in [0.3, 0.4) is 0 Å². The van der Waals surface area contributed by atoms with Gasteiger partial charge in [0.1, 0.15) is 16.4 Å². The molecule has 0 saturated carbocycles. The van der Waals surface area contributed by atoms with Gasteiger partial charge in [-0.15, -0.1) is 11.3 Å². The first-order valence-corrected chi connectivity index (χ1v) is 13.3. The molecule has 3 aliphatic rings. The third-order valence-corrected chi connectivity index (χ3v) is 8.63. The van der Waals surface area contributed by atoms with Gasteiger partial charge in [0.05, 0.1) is 40.8 Å². The van der Waals surface area contributed by atoms with Crippen LogP contribution in [-0.4, -0.2) is 47.9 Å². The van der Waals surface area contributed by atoms with Crippen LogP contribution in [0.5, 0.6) is 0 Å². The zero-order valence-electron chi connectivity index (χ0n) is 20.0. The van der Waals surface area contributed by atoms with E-state index in [1.165, 1.54) is 24.0 Å². The number of nitriles is 1. The molecule has 2 aliphatic heterocycles. The molecule has 182 valence electrons. The standard InChI is InChI=1S/C26H31N7OS/c1-15-10-29-25-24(28)23(35-26(25)31-15)13-34-14-30-19-3-2-16-8-22(18(9-27)6-17(16)7-19)33-11-20-4-5-21(12-33)32-20/h6,8,10,19-21,30,32H,2-5,7,11-14,28H2,1H3/t19-,20?,21?/m1/s1. The van der Waals surface area contributed by atoms with Gasteiger partial charge in [0.2, 0.25) is 0 Å². The minimum absolute atomic E-state index is 0.334. The zero-order valence-corrected chi connectivity index (χ0v) is 20.8. The Bertz CT molecular complexity index is 1290. The molecule has 3 aromatic rings.